The van der Waals surface area contributed by atoms with Crippen molar-refractivity contribution >= 4 is 17.4 Å². The van der Waals surface area contributed by atoms with Crippen molar-refractivity contribution in [2.45, 2.75) is 20.0 Å². The normalized spacial score (nSPS) is 15.9. The number of isothiocyanates is 1. The molecule has 9 heavy (non-hydrogen) atoms. The van der Waals surface area contributed by atoms with E-state index in [-0.39, 0.29) is 12.0 Å². The molecule has 0 heterocycles. The molecule has 0 bridgehead atoms. The van der Waals surface area contributed by atoms with Crippen molar-refractivity contribution in [3.63, 3.8) is 0 Å². The molecule has 0 aromatic carbocycles. The minimum atomic E-state index is -0.308. The molecule has 0 aliphatic rings. The van der Waals surface area contributed by atoms with Gasteiger partial charge in [0.15, 0.2) is 0 Å². The Labute approximate surface area is 60.6 Å². The van der Waals surface area contributed by atoms with Crippen LogP contribution >= 0.6 is 12.2 Å². The molecule has 52 valence electrons. The van der Waals surface area contributed by atoms with Gasteiger partial charge in [0.25, 0.3) is 0 Å². The summed E-state index contributed by atoms with van der Waals surface area (Å²) in [5.74, 6) is 0.181. The van der Waals surface area contributed by atoms with Crippen LogP contribution in [0.5, 0.6) is 0 Å². The van der Waals surface area contributed by atoms with Gasteiger partial charge in [-0.05, 0) is 19.1 Å². The zero-order valence-electron chi connectivity index (χ0n) is 5.66. The Kier molecular flexibility index (Phi) is 4.50. The first kappa shape index (κ1) is 8.76. The van der Waals surface area contributed by atoms with Crippen molar-refractivity contribution in [2.24, 2.45) is 10.9 Å². The minimum absolute atomic E-state index is 0.181. The van der Waals surface area contributed by atoms with Crippen LogP contribution < -0.4 is 0 Å². The molecule has 0 aromatic heterocycles. The Morgan fingerprint density at radius 2 is 2.22 bits per heavy atom. The monoisotopic (exact) mass is 145 g/mol. The first-order valence-electron chi connectivity index (χ1n) is 2.90. The van der Waals surface area contributed by atoms with Crippen molar-refractivity contribution < 1.29 is 5.11 Å². The second-order valence-corrected chi connectivity index (χ2v) is 2.33. The summed E-state index contributed by atoms with van der Waals surface area (Å²) < 4.78 is 0. The first-order chi connectivity index (χ1) is 4.18. The van der Waals surface area contributed by atoms with Gasteiger partial charge in [-0.15, -0.1) is 0 Å². The van der Waals surface area contributed by atoms with Crippen LogP contribution in [-0.2, 0) is 0 Å². The third-order valence-corrected chi connectivity index (χ3v) is 1.40. The summed E-state index contributed by atoms with van der Waals surface area (Å²) in [6, 6.07) is 0. The highest BCUT2D eigenvalue weighted by Gasteiger charge is 2.05. The molecule has 0 aromatic rings. The third kappa shape index (κ3) is 4.28. The van der Waals surface area contributed by atoms with Crippen LogP contribution in [0.15, 0.2) is 4.99 Å². The van der Waals surface area contributed by atoms with Crippen LogP contribution in [0.1, 0.15) is 13.8 Å². The van der Waals surface area contributed by atoms with E-state index in [0.29, 0.717) is 6.54 Å². The maximum Gasteiger partial charge on any atom is 0.0585 e. The molecule has 0 radical (unpaired) electrons. The van der Waals surface area contributed by atoms with Crippen LogP contribution in [0.3, 0.4) is 0 Å². The number of hydrogen-bond acceptors (Lipinski definition) is 3. The van der Waals surface area contributed by atoms with E-state index in [9.17, 15) is 0 Å². The predicted octanol–water partition coefficient (Wildman–Crippen LogP) is 1.11. The molecular formula is C6H11NOS. The number of aliphatic hydroxyl groups is 1. The van der Waals surface area contributed by atoms with E-state index in [1.54, 1.807) is 6.92 Å². The number of aliphatic hydroxyl groups excluding tert-OH is 1. The van der Waals surface area contributed by atoms with E-state index in [2.05, 4.69) is 22.4 Å². The number of hydrogen-bond donors (Lipinski definition) is 1. The Hall–Kier alpha value is -0.240. The Balaban J connectivity index is 3.49. The van der Waals surface area contributed by atoms with Gasteiger partial charge in [-0.25, -0.2) is 4.99 Å². The number of thiocarbonyl (C=S) groups is 1. The highest BCUT2D eigenvalue weighted by atomic mass is 32.1. The van der Waals surface area contributed by atoms with E-state index in [1.165, 1.54) is 0 Å². The van der Waals surface area contributed by atoms with Crippen LogP contribution in [0.4, 0.5) is 0 Å². The van der Waals surface area contributed by atoms with Crippen molar-refractivity contribution in [1.29, 1.82) is 0 Å². The Morgan fingerprint density at radius 3 is 2.56 bits per heavy atom. The van der Waals surface area contributed by atoms with Crippen molar-refractivity contribution in [3.05, 3.63) is 0 Å². The van der Waals surface area contributed by atoms with Gasteiger partial charge in [-0.3, -0.25) is 0 Å². The molecule has 0 saturated heterocycles. The summed E-state index contributed by atoms with van der Waals surface area (Å²) in [4.78, 5) is 3.70. The zero-order chi connectivity index (χ0) is 7.28. The van der Waals surface area contributed by atoms with Gasteiger partial charge in [-0.2, -0.15) is 0 Å². The SMILES string of the molecule is CC(O)C(C)CN=C=S. The van der Waals surface area contributed by atoms with Crippen molar-refractivity contribution in [2.75, 3.05) is 6.54 Å². The lowest BCUT2D eigenvalue weighted by molar-refractivity contribution is 0.139. The van der Waals surface area contributed by atoms with E-state index in [1.807, 2.05) is 6.92 Å². The largest absolute Gasteiger partial charge is 0.393 e. The van der Waals surface area contributed by atoms with Crippen molar-refractivity contribution in [3.8, 4) is 0 Å². The molecule has 0 rings (SSSR count). The number of rotatable bonds is 3. The molecule has 0 aliphatic heterocycles. The molecular weight excluding hydrogens is 134 g/mol. The lowest BCUT2D eigenvalue weighted by Gasteiger charge is -2.09. The second kappa shape index (κ2) is 4.62. The van der Waals surface area contributed by atoms with Gasteiger partial charge in [0, 0.05) is 5.92 Å². The molecule has 0 fully saturated rings. The quantitative estimate of drug-likeness (QED) is 0.476. The fraction of sp³-hybridized carbons (Fsp3) is 0.833. The summed E-state index contributed by atoms with van der Waals surface area (Å²) in [7, 11) is 0. The van der Waals surface area contributed by atoms with Crippen molar-refractivity contribution in [1.82, 2.24) is 0 Å². The predicted molar refractivity (Wildman–Crippen MR) is 40.7 cm³/mol. The Morgan fingerprint density at radius 1 is 1.67 bits per heavy atom. The molecule has 2 atom stereocenters. The average Bonchev–Trinajstić information content (AvgIpc) is 1.82. The molecule has 2 unspecified atom stereocenters. The third-order valence-electron chi connectivity index (χ3n) is 1.27. The van der Waals surface area contributed by atoms with E-state index in [0.717, 1.165) is 0 Å². The maximum atomic E-state index is 8.93. The summed E-state index contributed by atoms with van der Waals surface area (Å²) in [6.07, 6.45) is -0.308. The smallest absolute Gasteiger partial charge is 0.0585 e. The highest BCUT2D eigenvalue weighted by molar-refractivity contribution is 7.78. The van der Waals surface area contributed by atoms with E-state index < -0.39 is 0 Å². The topological polar surface area (TPSA) is 32.6 Å². The molecule has 3 heteroatoms. The second-order valence-electron chi connectivity index (χ2n) is 2.15. The maximum absolute atomic E-state index is 8.93. The number of nitrogens with zero attached hydrogens (tertiary/aromatic N) is 1. The Bertz CT molecular complexity index is 118. The molecule has 1 N–H and O–H groups in total. The molecule has 0 spiro atoms. The van der Waals surface area contributed by atoms with Gasteiger partial charge in [0.05, 0.1) is 17.8 Å². The molecule has 0 aliphatic carbocycles. The molecule has 0 saturated carbocycles. The lowest BCUT2D eigenvalue weighted by atomic mass is 10.1. The van der Waals surface area contributed by atoms with Crippen LogP contribution in [0.25, 0.3) is 0 Å². The van der Waals surface area contributed by atoms with Crippen LogP contribution in [-0.4, -0.2) is 22.9 Å². The van der Waals surface area contributed by atoms with E-state index in [4.69, 9.17) is 5.11 Å². The summed E-state index contributed by atoms with van der Waals surface area (Å²) in [5.41, 5.74) is 0. The van der Waals surface area contributed by atoms with Crippen LogP contribution in [0, 0.1) is 5.92 Å². The van der Waals surface area contributed by atoms with Gasteiger partial charge in [-0.1, -0.05) is 6.92 Å². The van der Waals surface area contributed by atoms with Gasteiger partial charge >= 0.3 is 0 Å². The lowest BCUT2D eigenvalue weighted by Crippen LogP contribution is -2.15. The van der Waals surface area contributed by atoms with E-state index >= 15 is 0 Å². The fourth-order valence-electron chi connectivity index (χ4n) is 0.334. The number of aliphatic imine (C=N–C) groups is 1. The van der Waals surface area contributed by atoms with Gasteiger partial charge in [0.2, 0.25) is 0 Å². The molecule has 2 nitrogen and oxygen atoms in total. The summed E-state index contributed by atoms with van der Waals surface area (Å²) >= 11 is 4.36. The molecule has 0 amide bonds. The fourth-order valence-corrected chi connectivity index (χ4v) is 0.408. The van der Waals surface area contributed by atoms with Crippen LogP contribution in [0.2, 0.25) is 0 Å². The summed E-state index contributed by atoms with van der Waals surface area (Å²) in [6.45, 7) is 4.23. The standard InChI is InChI=1S/C6H11NOS/c1-5(6(2)8)3-7-4-9/h5-6,8H,3H2,1-2H3. The van der Waals surface area contributed by atoms with Gasteiger partial charge in [0.1, 0.15) is 0 Å². The van der Waals surface area contributed by atoms with Gasteiger partial charge < -0.3 is 5.11 Å². The first-order valence-corrected chi connectivity index (χ1v) is 3.31. The average molecular weight is 145 g/mol. The zero-order valence-corrected chi connectivity index (χ0v) is 6.48. The summed E-state index contributed by atoms with van der Waals surface area (Å²) in [5, 5.41) is 11.2. The highest BCUT2D eigenvalue weighted by Crippen LogP contribution is 2.00. The minimum Gasteiger partial charge on any atom is -0.393 e.